The molecule has 0 aliphatic heterocycles. The van der Waals surface area contributed by atoms with E-state index in [0.29, 0.717) is 12.2 Å². The van der Waals surface area contributed by atoms with Crippen molar-refractivity contribution in [3.05, 3.63) is 28.3 Å². The highest BCUT2D eigenvalue weighted by Crippen LogP contribution is 2.27. The number of ketones is 1. The summed E-state index contributed by atoms with van der Waals surface area (Å²) in [7, 11) is 0. The van der Waals surface area contributed by atoms with Gasteiger partial charge in [0.2, 0.25) is 0 Å². The number of benzene rings is 1. The van der Waals surface area contributed by atoms with Crippen LogP contribution >= 0.6 is 0 Å². The van der Waals surface area contributed by atoms with E-state index in [0.717, 1.165) is 22.3 Å². The maximum Gasteiger partial charge on any atom is 0.134 e. The van der Waals surface area contributed by atoms with Crippen molar-refractivity contribution in [3.63, 3.8) is 0 Å². The molecule has 0 saturated heterocycles. The first-order valence-electron chi connectivity index (χ1n) is 4.71. The van der Waals surface area contributed by atoms with E-state index >= 15 is 0 Å². The summed E-state index contributed by atoms with van der Waals surface area (Å²) in [5, 5.41) is 9.66. The molecule has 0 unspecified atom stereocenters. The van der Waals surface area contributed by atoms with Gasteiger partial charge < -0.3 is 5.11 Å². The van der Waals surface area contributed by atoms with Gasteiger partial charge in [-0.15, -0.1) is 0 Å². The fourth-order valence-electron chi connectivity index (χ4n) is 1.60. The molecular formula is C12H16O2. The fraction of sp³-hybridized carbons (Fsp3) is 0.417. The Morgan fingerprint density at radius 2 is 1.86 bits per heavy atom. The van der Waals surface area contributed by atoms with Crippen LogP contribution in [0.1, 0.15) is 29.2 Å². The number of carbonyl (C=O) groups excluding carboxylic acids is 1. The Labute approximate surface area is 84.6 Å². The molecule has 0 aliphatic carbocycles. The molecule has 76 valence electrons. The number of aromatic hydroxyl groups is 1. The number of rotatable bonds is 2. The zero-order chi connectivity index (χ0) is 10.9. The summed E-state index contributed by atoms with van der Waals surface area (Å²) in [6.07, 6.45) is 0.452. The van der Waals surface area contributed by atoms with Gasteiger partial charge in [-0.3, -0.25) is 4.79 Å². The molecule has 0 radical (unpaired) electrons. The number of hydrogen-bond acceptors (Lipinski definition) is 2. The first kappa shape index (κ1) is 10.8. The van der Waals surface area contributed by atoms with Crippen LogP contribution in [0.3, 0.4) is 0 Å². The molecule has 1 N–H and O–H groups in total. The summed E-state index contributed by atoms with van der Waals surface area (Å²) in [6.45, 7) is 7.25. The normalized spacial score (nSPS) is 10.3. The fourth-order valence-corrected chi connectivity index (χ4v) is 1.60. The van der Waals surface area contributed by atoms with E-state index < -0.39 is 0 Å². The van der Waals surface area contributed by atoms with Crippen LogP contribution in [0.15, 0.2) is 6.07 Å². The van der Waals surface area contributed by atoms with Crippen LogP contribution in [-0.4, -0.2) is 10.9 Å². The number of phenolic OH excluding ortho intramolecular Hbond substituents is 1. The van der Waals surface area contributed by atoms with Crippen LogP contribution in [0.2, 0.25) is 0 Å². The summed E-state index contributed by atoms with van der Waals surface area (Å²) >= 11 is 0. The Morgan fingerprint density at radius 1 is 1.29 bits per heavy atom. The second-order valence-electron chi connectivity index (χ2n) is 3.83. The lowest BCUT2D eigenvalue weighted by molar-refractivity contribution is -0.116. The second-order valence-corrected chi connectivity index (χ2v) is 3.83. The van der Waals surface area contributed by atoms with Crippen LogP contribution < -0.4 is 0 Å². The monoisotopic (exact) mass is 192 g/mol. The zero-order valence-electron chi connectivity index (χ0n) is 9.14. The molecule has 0 saturated carbocycles. The molecule has 0 aromatic heterocycles. The number of carbonyl (C=O) groups is 1. The minimum Gasteiger partial charge on any atom is -0.507 e. The molecule has 0 heterocycles. The van der Waals surface area contributed by atoms with Crippen LogP contribution in [0, 0.1) is 20.8 Å². The Bertz CT molecular complexity index is 378. The van der Waals surface area contributed by atoms with Crippen molar-refractivity contribution in [1.29, 1.82) is 0 Å². The Morgan fingerprint density at radius 3 is 2.36 bits per heavy atom. The van der Waals surface area contributed by atoms with Crippen LogP contribution in [0.5, 0.6) is 5.75 Å². The van der Waals surface area contributed by atoms with E-state index in [-0.39, 0.29) is 5.78 Å². The molecule has 2 heteroatoms. The maximum atomic E-state index is 11.0. The summed E-state index contributed by atoms with van der Waals surface area (Å²) in [4.78, 5) is 11.0. The summed E-state index contributed by atoms with van der Waals surface area (Å²) in [5.74, 6) is 0.493. The van der Waals surface area contributed by atoms with Gasteiger partial charge in [-0.05, 0) is 49.9 Å². The van der Waals surface area contributed by atoms with Gasteiger partial charge >= 0.3 is 0 Å². The SMILES string of the molecule is CC(=O)Cc1cc(C)c(O)c(C)c1C. The lowest BCUT2D eigenvalue weighted by Gasteiger charge is -2.11. The van der Waals surface area contributed by atoms with Crippen LogP contribution in [0.25, 0.3) is 0 Å². The molecule has 0 spiro atoms. The molecule has 1 aromatic rings. The molecule has 0 fully saturated rings. The second kappa shape index (κ2) is 3.82. The highest BCUT2D eigenvalue weighted by atomic mass is 16.3. The zero-order valence-corrected chi connectivity index (χ0v) is 9.14. The highest BCUT2D eigenvalue weighted by Gasteiger charge is 2.09. The molecule has 0 atom stereocenters. The Balaban J connectivity index is 3.25. The van der Waals surface area contributed by atoms with Gasteiger partial charge in [0.15, 0.2) is 0 Å². The minimum absolute atomic E-state index is 0.151. The number of hydrogen-bond donors (Lipinski definition) is 1. The van der Waals surface area contributed by atoms with Gasteiger partial charge in [0.05, 0.1) is 0 Å². The summed E-state index contributed by atoms with van der Waals surface area (Å²) < 4.78 is 0. The quantitative estimate of drug-likeness (QED) is 0.781. The molecular weight excluding hydrogens is 176 g/mol. The Hall–Kier alpha value is -1.31. The summed E-state index contributed by atoms with van der Waals surface area (Å²) in [5.41, 5.74) is 3.75. The van der Waals surface area contributed by atoms with Crippen molar-refractivity contribution in [2.75, 3.05) is 0 Å². The molecule has 0 bridgehead atoms. The minimum atomic E-state index is 0.151. The van der Waals surface area contributed by atoms with Gasteiger partial charge in [0, 0.05) is 6.42 Å². The van der Waals surface area contributed by atoms with E-state index in [4.69, 9.17) is 0 Å². The molecule has 2 nitrogen and oxygen atoms in total. The lowest BCUT2D eigenvalue weighted by Crippen LogP contribution is -2.01. The molecule has 14 heavy (non-hydrogen) atoms. The van der Waals surface area contributed by atoms with Crippen LogP contribution in [-0.2, 0) is 11.2 Å². The van der Waals surface area contributed by atoms with Gasteiger partial charge in [0.1, 0.15) is 11.5 Å². The predicted molar refractivity (Wildman–Crippen MR) is 56.7 cm³/mol. The van der Waals surface area contributed by atoms with Crippen molar-refractivity contribution in [2.45, 2.75) is 34.1 Å². The van der Waals surface area contributed by atoms with Gasteiger partial charge in [-0.25, -0.2) is 0 Å². The molecule has 1 aromatic carbocycles. The average molecular weight is 192 g/mol. The summed E-state index contributed by atoms with van der Waals surface area (Å²) in [6, 6.07) is 1.89. The number of aryl methyl sites for hydroxylation is 1. The number of phenols is 1. The molecule has 1 rings (SSSR count). The van der Waals surface area contributed by atoms with E-state index in [1.807, 2.05) is 26.8 Å². The first-order chi connectivity index (χ1) is 6.43. The third-order valence-corrected chi connectivity index (χ3v) is 2.60. The number of Topliss-reactive ketones (excluding diaryl/α,β-unsaturated/α-hetero) is 1. The van der Waals surface area contributed by atoms with Crippen molar-refractivity contribution >= 4 is 5.78 Å². The smallest absolute Gasteiger partial charge is 0.134 e. The Kier molecular flexibility index (Phi) is 2.94. The van der Waals surface area contributed by atoms with Crippen molar-refractivity contribution in [1.82, 2.24) is 0 Å². The predicted octanol–water partition coefficient (Wildman–Crippen LogP) is 2.45. The third-order valence-electron chi connectivity index (χ3n) is 2.60. The lowest BCUT2D eigenvalue weighted by atomic mass is 9.96. The van der Waals surface area contributed by atoms with Crippen molar-refractivity contribution in [3.8, 4) is 5.75 Å². The van der Waals surface area contributed by atoms with E-state index in [2.05, 4.69) is 0 Å². The van der Waals surface area contributed by atoms with Gasteiger partial charge in [-0.1, -0.05) is 6.07 Å². The maximum absolute atomic E-state index is 11.0. The molecule has 0 amide bonds. The third kappa shape index (κ3) is 1.95. The molecule has 0 aliphatic rings. The highest BCUT2D eigenvalue weighted by molar-refractivity contribution is 5.79. The van der Waals surface area contributed by atoms with Crippen molar-refractivity contribution < 1.29 is 9.90 Å². The first-order valence-corrected chi connectivity index (χ1v) is 4.71. The van der Waals surface area contributed by atoms with Crippen molar-refractivity contribution in [2.24, 2.45) is 0 Å². The van der Waals surface area contributed by atoms with Gasteiger partial charge in [-0.2, -0.15) is 0 Å². The van der Waals surface area contributed by atoms with Crippen LogP contribution in [0.4, 0.5) is 0 Å². The average Bonchev–Trinajstić information content (AvgIpc) is 2.10. The van der Waals surface area contributed by atoms with E-state index in [1.54, 1.807) is 6.92 Å². The van der Waals surface area contributed by atoms with E-state index in [9.17, 15) is 9.90 Å². The van der Waals surface area contributed by atoms with E-state index in [1.165, 1.54) is 0 Å². The van der Waals surface area contributed by atoms with Gasteiger partial charge in [0.25, 0.3) is 0 Å². The standard InChI is InChI=1S/C12H16O2/c1-7-5-11(6-8(2)13)9(3)10(4)12(7)14/h5,14H,6H2,1-4H3. The largest absolute Gasteiger partial charge is 0.507 e. The topological polar surface area (TPSA) is 37.3 Å².